The topological polar surface area (TPSA) is 64.7 Å². The van der Waals surface area contributed by atoms with Crippen LogP contribution in [0.25, 0.3) is 0 Å². The van der Waals surface area contributed by atoms with Crippen LogP contribution >= 0.6 is 0 Å². The second-order valence-electron chi connectivity index (χ2n) is 4.23. The average Bonchev–Trinajstić information content (AvgIpc) is 2.40. The van der Waals surface area contributed by atoms with Crippen LogP contribution in [0.4, 0.5) is 0 Å². The highest BCUT2D eigenvalue weighted by Crippen LogP contribution is 2.21. The SMILES string of the molecule is NCC(O)c1ccc(OC2CCCCO2)cc1. The van der Waals surface area contributed by atoms with Crippen molar-refractivity contribution < 1.29 is 14.6 Å². The Morgan fingerprint density at radius 3 is 2.71 bits per heavy atom. The quantitative estimate of drug-likeness (QED) is 0.834. The van der Waals surface area contributed by atoms with Gasteiger partial charge in [0.1, 0.15) is 5.75 Å². The van der Waals surface area contributed by atoms with Crippen molar-refractivity contribution in [1.82, 2.24) is 0 Å². The van der Waals surface area contributed by atoms with Gasteiger partial charge in [0, 0.05) is 13.0 Å². The molecule has 0 spiro atoms. The zero-order valence-electron chi connectivity index (χ0n) is 9.84. The van der Waals surface area contributed by atoms with Gasteiger partial charge < -0.3 is 20.3 Å². The summed E-state index contributed by atoms with van der Waals surface area (Å²) in [7, 11) is 0. The Morgan fingerprint density at radius 1 is 1.35 bits per heavy atom. The molecule has 0 saturated carbocycles. The van der Waals surface area contributed by atoms with Crippen molar-refractivity contribution in [1.29, 1.82) is 0 Å². The van der Waals surface area contributed by atoms with Crippen molar-refractivity contribution in [2.24, 2.45) is 5.73 Å². The van der Waals surface area contributed by atoms with E-state index in [1.165, 1.54) is 0 Å². The van der Waals surface area contributed by atoms with Crippen LogP contribution in [-0.4, -0.2) is 24.5 Å². The molecule has 0 amide bonds. The first-order valence-electron chi connectivity index (χ1n) is 6.06. The van der Waals surface area contributed by atoms with Crippen molar-refractivity contribution in [2.45, 2.75) is 31.7 Å². The summed E-state index contributed by atoms with van der Waals surface area (Å²) in [5, 5.41) is 9.55. The van der Waals surface area contributed by atoms with E-state index in [1.807, 2.05) is 24.3 Å². The summed E-state index contributed by atoms with van der Waals surface area (Å²) in [6, 6.07) is 7.34. The molecule has 4 nitrogen and oxygen atoms in total. The van der Waals surface area contributed by atoms with Gasteiger partial charge in [-0.25, -0.2) is 0 Å². The summed E-state index contributed by atoms with van der Waals surface area (Å²) in [6.45, 7) is 1.00. The lowest BCUT2D eigenvalue weighted by atomic mass is 10.1. The van der Waals surface area contributed by atoms with Crippen LogP contribution in [0.2, 0.25) is 0 Å². The molecular weight excluding hydrogens is 218 g/mol. The molecule has 1 aromatic rings. The monoisotopic (exact) mass is 237 g/mol. The highest BCUT2D eigenvalue weighted by atomic mass is 16.7. The first-order valence-corrected chi connectivity index (χ1v) is 6.06. The summed E-state index contributed by atoms with van der Waals surface area (Å²) < 4.78 is 11.2. The van der Waals surface area contributed by atoms with Gasteiger partial charge >= 0.3 is 0 Å². The number of aliphatic hydroxyl groups excluding tert-OH is 1. The predicted octanol–water partition coefficient (Wildman–Crippen LogP) is 1.58. The van der Waals surface area contributed by atoms with E-state index in [9.17, 15) is 5.11 Å². The van der Waals surface area contributed by atoms with Gasteiger partial charge in [0.25, 0.3) is 0 Å². The zero-order valence-corrected chi connectivity index (χ0v) is 9.84. The Bertz CT molecular complexity index is 333. The molecule has 3 N–H and O–H groups in total. The molecule has 1 aliphatic heterocycles. The van der Waals surface area contributed by atoms with E-state index in [0.29, 0.717) is 0 Å². The Kier molecular flexibility index (Phi) is 4.36. The van der Waals surface area contributed by atoms with Gasteiger partial charge in [0.2, 0.25) is 0 Å². The molecular formula is C13H19NO3. The molecule has 0 aromatic heterocycles. The van der Waals surface area contributed by atoms with Crippen LogP contribution < -0.4 is 10.5 Å². The number of hydrogen-bond acceptors (Lipinski definition) is 4. The summed E-state index contributed by atoms with van der Waals surface area (Å²) in [5.74, 6) is 0.768. The molecule has 17 heavy (non-hydrogen) atoms. The predicted molar refractivity (Wildman–Crippen MR) is 64.7 cm³/mol. The van der Waals surface area contributed by atoms with Crippen molar-refractivity contribution in [2.75, 3.05) is 13.2 Å². The normalized spacial score (nSPS) is 22.1. The number of benzene rings is 1. The molecule has 2 unspecified atom stereocenters. The Balaban J connectivity index is 1.93. The number of ether oxygens (including phenoxy) is 2. The molecule has 94 valence electrons. The lowest BCUT2D eigenvalue weighted by Crippen LogP contribution is -2.24. The fourth-order valence-electron chi connectivity index (χ4n) is 1.86. The minimum absolute atomic E-state index is 0.131. The minimum atomic E-state index is -0.602. The van der Waals surface area contributed by atoms with E-state index in [4.69, 9.17) is 15.2 Å². The average molecular weight is 237 g/mol. The standard InChI is InChI=1S/C13H19NO3/c14-9-12(15)10-4-6-11(7-5-10)17-13-3-1-2-8-16-13/h4-7,12-13,15H,1-3,8-9,14H2. The first-order chi connectivity index (χ1) is 8.29. The summed E-state index contributed by atoms with van der Waals surface area (Å²) in [6.07, 6.45) is 2.47. The van der Waals surface area contributed by atoms with Gasteiger partial charge in [0.05, 0.1) is 12.7 Å². The second kappa shape index (κ2) is 6.00. The maximum Gasteiger partial charge on any atom is 0.199 e. The molecule has 0 bridgehead atoms. The van der Waals surface area contributed by atoms with E-state index in [-0.39, 0.29) is 12.8 Å². The van der Waals surface area contributed by atoms with Crippen LogP contribution in [0.1, 0.15) is 30.9 Å². The molecule has 1 aromatic carbocycles. The van der Waals surface area contributed by atoms with E-state index >= 15 is 0 Å². The van der Waals surface area contributed by atoms with Crippen molar-refractivity contribution in [3.05, 3.63) is 29.8 Å². The summed E-state index contributed by atoms with van der Waals surface area (Å²) in [4.78, 5) is 0. The van der Waals surface area contributed by atoms with Crippen LogP contribution in [0.5, 0.6) is 5.75 Å². The molecule has 2 atom stereocenters. The maximum atomic E-state index is 9.55. The molecule has 1 fully saturated rings. The maximum absolute atomic E-state index is 9.55. The molecule has 1 aliphatic rings. The Labute approximate surface area is 101 Å². The van der Waals surface area contributed by atoms with Crippen molar-refractivity contribution >= 4 is 0 Å². The number of aliphatic hydroxyl groups is 1. The summed E-state index contributed by atoms with van der Waals surface area (Å²) in [5.41, 5.74) is 6.20. The molecule has 0 radical (unpaired) electrons. The third-order valence-corrected chi connectivity index (χ3v) is 2.89. The van der Waals surface area contributed by atoms with Gasteiger partial charge in [-0.3, -0.25) is 0 Å². The van der Waals surface area contributed by atoms with Crippen LogP contribution in [0.3, 0.4) is 0 Å². The largest absolute Gasteiger partial charge is 0.465 e. The molecule has 2 rings (SSSR count). The van der Waals surface area contributed by atoms with E-state index in [0.717, 1.165) is 37.2 Å². The third kappa shape index (κ3) is 3.43. The van der Waals surface area contributed by atoms with Crippen LogP contribution in [0.15, 0.2) is 24.3 Å². The molecule has 1 heterocycles. The fraction of sp³-hybridized carbons (Fsp3) is 0.538. The third-order valence-electron chi connectivity index (χ3n) is 2.89. The van der Waals surface area contributed by atoms with Crippen LogP contribution in [0, 0.1) is 0 Å². The minimum Gasteiger partial charge on any atom is -0.465 e. The second-order valence-corrected chi connectivity index (χ2v) is 4.23. The van der Waals surface area contributed by atoms with Gasteiger partial charge in [-0.1, -0.05) is 12.1 Å². The van der Waals surface area contributed by atoms with E-state index in [2.05, 4.69) is 0 Å². The number of nitrogens with two attached hydrogens (primary N) is 1. The summed E-state index contributed by atoms with van der Waals surface area (Å²) >= 11 is 0. The van der Waals surface area contributed by atoms with Gasteiger partial charge in [-0.2, -0.15) is 0 Å². The van der Waals surface area contributed by atoms with Gasteiger partial charge in [-0.15, -0.1) is 0 Å². The van der Waals surface area contributed by atoms with Crippen molar-refractivity contribution in [3.63, 3.8) is 0 Å². The fourth-order valence-corrected chi connectivity index (χ4v) is 1.86. The van der Waals surface area contributed by atoms with Crippen molar-refractivity contribution in [3.8, 4) is 5.75 Å². The molecule has 1 saturated heterocycles. The highest BCUT2D eigenvalue weighted by Gasteiger charge is 2.15. The molecule has 0 aliphatic carbocycles. The van der Waals surface area contributed by atoms with Gasteiger partial charge in [0.15, 0.2) is 6.29 Å². The lowest BCUT2D eigenvalue weighted by molar-refractivity contribution is -0.105. The van der Waals surface area contributed by atoms with E-state index < -0.39 is 6.10 Å². The Morgan fingerprint density at radius 2 is 2.12 bits per heavy atom. The molecule has 4 heteroatoms. The van der Waals surface area contributed by atoms with Gasteiger partial charge in [-0.05, 0) is 30.5 Å². The number of rotatable bonds is 4. The first kappa shape index (κ1) is 12.4. The lowest BCUT2D eigenvalue weighted by Gasteiger charge is -2.23. The highest BCUT2D eigenvalue weighted by molar-refractivity contribution is 5.28. The van der Waals surface area contributed by atoms with Crippen LogP contribution in [-0.2, 0) is 4.74 Å². The van der Waals surface area contributed by atoms with E-state index in [1.54, 1.807) is 0 Å². The smallest absolute Gasteiger partial charge is 0.199 e. The number of hydrogen-bond donors (Lipinski definition) is 2. The zero-order chi connectivity index (χ0) is 12.1. The Hall–Kier alpha value is -1.10.